The molecule has 0 aromatic heterocycles. The Morgan fingerprint density at radius 2 is 1.78 bits per heavy atom. The van der Waals surface area contributed by atoms with E-state index < -0.39 is 10.0 Å². The second-order valence-corrected chi connectivity index (χ2v) is 8.24. The molecular formula is C17H28N2O3S. The highest BCUT2D eigenvalue weighted by Crippen LogP contribution is 2.14. The van der Waals surface area contributed by atoms with Crippen molar-refractivity contribution >= 4 is 10.0 Å². The molecule has 1 aliphatic rings. The lowest BCUT2D eigenvalue weighted by atomic mass is 10.1. The van der Waals surface area contributed by atoms with Crippen molar-refractivity contribution in [1.82, 2.24) is 9.62 Å². The van der Waals surface area contributed by atoms with Crippen molar-refractivity contribution in [2.45, 2.75) is 51.8 Å². The first kappa shape index (κ1) is 18.4. The van der Waals surface area contributed by atoms with E-state index >= 15 is 0 Å². The van der Waals surface area contributed by atoms with Crippen molar-refractivity contribution < 1.29 is 13.5 Å². The van der Waals surface area contributed by atoms with Crippen molar-refractivity contribution in [1.29, 1.82) is 0 Å². The Morgan fingerprint density at radius 3 is 2.39 bits per heavy atom. The van der Waals surface area contributed by atoms with E-state index in [0.29, 0.717) is 13.0 Å². The van der Waals surface area contributed by atoms with Gasteiger partial charge in [-0.1, -0.05) is 37.6 Å². The number of benzene rings is 1. The second kappa shape index (κ2) is 8.78. The Bertz CT molecular complexity index is 564. The summed E-state index contributed by atoms with van der Waals surface area (Å²) in [6, 6.07) is 8.08. The zero-order chi connectivity index (χ0) is 16.7. The van der Waals surface area contributed by atoms with Crippen LogP contribution in [0, 0.1) is 0 Å². The van der Waals surface area contributed by atoms with E-state index in [1.54, 1.807) is 0 Å². The molecule has 0 saturated carbocycles. The van der Waals surface area contributed by atoms with E-state index in [2.05, 4.69) is 21.8 Å². The van der Waals surface area contributed by atoms with Gasteiger partial charge < -0.3 is 5.11 Å². The number of likely N-dealkylation sites (tertiary alicyclic amines) is 1. The Labute approximate surface area is 139 Å². The van der Waals surface area contributed by atoms with Gasteiger partial charge >= 0.3 is 0 Å². The smallest absolute Gasteiger partial charge is 0.211 e. The van der Waals surface area contributed by atoms with Crippen molar-refractivity contribution in [3.63, 3.8) is 0 Å². The summed E-state index contributed by atoms with van der Waals surface area (Å²) in [5, 5.41) is 9.53. The fourth-order valence-corrected chi connectivity index (χ4v) is 3.90. The predicted molar refractivity (Wildman–Crippen MR) is 92.5 cm³/mol. The molecule has 1 aliphatic heterocycles. The van der Waals surface area contributed by atoms with Crippen molar-refractivity contribution in [2.75, 3.05) is 18.8 Å². The average molecular weight is 340 g/mol. The molecule has 1 aromatic rings. The third kappa shape index (κ3) is 6.59. The predicted octanol–water partition coefficient (Wildman–Crippen LogP) is 1.86. The molecule has 0 spiro atoms. The number of hydrogen-bond acceptors (Lipinski definition) is 4. The summed E-state index contributed by atoms with van der Waals surface area (Å²) >= 11 is 0. The fraction of sp³-hybridized carbons (Fsp3) is 0.647. The van der Waals surface area contributed by atoms with Gasteiger partial charge in [0.2, 0.25) is 10.0 Å². The molecule has 5 nitrogen and oxygen atoms in total. The lowest BCUT2D eigenvalue weighted by molar-refractivity contribution is 0.0792. The first-order valence-corrected chi connectivity index (χ1v) is 10.1. The minimum Gasteiger partial charge on any atom is -0.393 e. The maximum atomic E-state index is 11.8. The van der Waals surface area contributed by atoms with Gasteiger partial charge in [0.15, 0.2) is 0 Å². The highest BCUT2D eigenvalue weighted by atomic mass is 32.2. The lowest BCUT2D eigenvalue weighted by Crippen LogP contribution is -2.35. The van der Waals surface area contributed by atoms with Gasteiger partial charge in [-0.3, -0.25) is 4.90 Å². The van der Waals surface area contributed by atoms with Crippen LogP contribution in [-0.2, 0) is 23.1 Å². The molecule has 0 unspecified atom stereocenters. The minimum absolute atomic E-state index is 0.144. The van der Waals surface area contributed by atoms with Crippen molar-refractivity contribution in [3.05, 3.63) is 35.4 Å². The van der Waals surface area contributed by atoms with Crippen LogP contribution in [0.1, 0.15) is 43.7 Å². The average Bonchev–Trinajstić information content (AvgIpc) is 2.55. The van der Waals surface area contributed by atoms with Crippen LogP contribution >= 0.6 is 0 Å². The van der Waals surface area contributed by atoms with E-state index in [4.69, 9.17) is 0 Å². The van der Waals surface area contributed by atoms with Gasteiger partial charge in [0, 0.05) is 26.2 Å². The molecule has 6 heteroatoms. The molecule has 23 heavy (non-hydrogen) atoms. The van der Waals surface area contributed by atoms with E-state index in [-0.39, 0.29) is 11.9 Å². The molecule has 1 saturated heterocycles. The van der Waals surface area contributed by atoms with E-state index in [1.165, 1.54) is 5.56 Å². The van der Waals surface area contributed by atoms with Crippen LogP contribution in [0.25, 0.3) is 0 Å². The van der Waals surface area contributed by atoms with Crippen LogP contribution in [0.15, 0.2) is 24.3 Å². The van der Waals surface area contributed by atoms with Gasteiger partial charge in [0.05, 0.1) is 11.9 Å². The third-order valence-corrected chi connectivity index (χ3v) is 5.66. The summed E-state index contributed by atoms with van der Waals surface area (Å²) < 4.78 is 26.2. The summed E-state index contributed by atoms with van der Waals surface area (Å²) in [7, 11) is -3.16. The fourth-order valence-electron chi connectivity index (χ4n) is 2.70. The Balaban J connectivity index is 1.80. The molecule has 0 amide bonds. The van der Waals surface area contributed by atoms with E-state index in [0.717, 1.165) is 44.5 Å². The number of nitrogens with one attached hydrogen (secondary N) is 1. The van der Waals surface area contributed by atoms with E-state index in [9.17, 15) is 13.5 Å². The molecule has 0 radical (unpaired) electrons. The summed E-state index contributed by atoms with van der Waals surface area (Å²) in [6.45, 7) is 5.08. The topological polar surface area (TPSA) is 69.6 Å². The molecule has 2 N–H and O–H groups in total. The largest absolute Gasteiger partial charge is 0.393 e. The van der Waals surface area contributed by atoms with E-state index in [1.807, 2.05) is 19.1 Å². The number of sulfonamides is 1. The zero-order valence-electron chi connectivity index (χ0n) is 13.9. The number of unbranched alkanes of at least 4 members (excludes halogenated alkanes) is 1. The zero-order valence-corrected chi connectivity index (χ0v) is 14.7. The maximum absolute atomic E-state index is 11.8. The van der Waals surface area contributed by atoms with Gasteiger partial charge in [-0.05, 0) is 30.4 Å². The number of rotatable bonds is 8. The number of aliphatic hydroxyl groups excluding tert-OH is 1. The van der Waals surface area contributed by atoms with Crippen LogP contribution in [-0.4, -0.2) is 43.4 Å². The Hall–Kier alpha value is -0.950. The number of piperidine rings is 1. The SMILES string of the molecule is CCCCS(=O)(=O)NCc1ccc(CN2CCC(O)CC2)cc1. The normalized spacial score (nSPS) is 17.5. The molecule has 0 bridgehead atoms. The van der Waals surface area contributed by atoms with Crippen molar-refractivity contribution in [2.24, 2.45) is 0 Å². The summed E-state index contributed by atoms with van der Waals surface area (Å²) in [4.78, 5) is 2.34. The quantitative estimate of drug-likeness (QED) is 0.758. The van der Waals surface area contributed by atoms with Gasteiger partial charge in [0.25, 0.3) is 0 Å². The number of aliphatic hydroxyl groups is 1. The summed E-state index contributed by atoms with van der Waals surface area (Å²) in [6.07, 6.45) is 3.12. The first-order valence-electron chi connectivity index (χ1n) is 8.44. The standard InChI is InChI=1S/C17H28N2O3S/c1-2-3-12-23(21,22)18-13-15-4-6-16(7-5-15)14-19-10-8-17(20)9-11-19/h4-7,17-18,20H,2-3,8-14H2,1H3. The Kier molecular flexibility index (Phi) is 7.02. The van der Waals surface area contributed by atoms with Crippen LogP contribution in [0.4, 0.5) is 0 Å². The summed E-state index contributed by atoms with van der Waals surface area (Å²) in [5.41, 5.74) is 2.20. The molecule has 0 aliphatic carbocycles. The molecule has 1 fully saturated rings. The van der Waals surface area contributed by atoms with Crippen LogP contribution < -0.4 is 4.72 Å². The lowest BCUT2D eigenvalue weighted by Gasteiger charge is -2.29. The first-order chi connectivity index (χ1) is 11.0. The van der Waals surface area contributed by atoms with Crippen LogP contribution in [0.5, 0.6) is 0 Å². The van der Waals surface area contributed by atoms with Gasteiger partial charge in [0.1, 0.15) is 0 Å². The molecule has 1 aromatic carbocycles. The highest BCUT2D eigenvalue weighted by Gasteiger charge is 2.16. The van der Waals surface area contributed by atoms with Gasteiger partial charge in [-0.15, -0.1) is 0 Å². The number of nitrogens with zero attached hydrogens (tertiary/aromatic N) is 1. The second-order valence-electron chi connectivity index (χ2n) is 6.32. The third-order valence-electron chi connectivity index (χ3n) is 4.25. The van der Waals surface area contributed by atoms with Crippen molar-refractivity contribution in [3.8, 4) is 0 Å². The molecular weight excluding hydrogens is 312 g/mol. The highest BCUT2D eigenvalue weighted by molar-refractivity contribution is 7.89. The maximum Gasteiger partial charge on any atom is 0.211 e. The number of hydrogen-bond donors (Lipinski definition) is 2. The molecule has 0 atom stereocenters. The van der Waals surface area contributed by atoms with Gasteiger partial charge in [-0.2, -0.15) is 0 Å². The minimum atomic E-state index is -3.16. The van der Waals surface area contributed by atoms with Crippen LogP contribution in [0.3, 0.4) is 0 Å². The molecule has 1 heterocycles. The monoisotopic (exact) mass is 340 g/mol. The molecule has 2 rings (SSSR count). The Morgan fingerprint density at radius 1 is 1.17 bits per heavy atom. The van der Waals surface area contributed by atoms with Gasteiger partial charge in [-0.25, -0.2) is 13.1 Å². The summed E-state index contributed by atoms with van der Waals surface area (Å²) in [5.74, 6) is 0.197. The van der Waals surface area contributed by atoms with Crippen LogP contribution in [0.2, 0.25) is 0 Å². The molecule has 130 valence electrons.